The third-order valence-corrected chi connectivity index (χ3v) is 5.19. The average molecular weight is 340 g/mol. The highest BCUT2D eigenvalue weighted by atomic mass is 32.1. The van der Waals surface area contributed by atoms with E-state index in [-0.39, 0.29) is 24.7 Å². The molecule has 0 bridgehead atoms. The largest absolute Gasteiger partial charge is 0.480 e. The molecule has 0 radical (unpaired) electrons. The van der Waals surface area contributed by atoms with E-state index in [1.54, 1.807) is 11.3 Å². The number of carboxylic acids is 1. The summed E-state index contributed by atoms with van der Waals surface area (Å²) in [5.74, 6) is -0.806. The number of urea groups is 1. The van der Waals surface area contributed by atoms with E-state index >= 15 is 0 Å². The van der Waals surface area contributed by atoms with Crippen molar-refractivity contribution in [3.8, 4) is 0 Å². The summed E-state index contributed by atoms with van der Waals surface area (Å²) >= 11 is 1.61. The second-order valence-corrected chi connectivity index (χ2v) is 6.73. The monoisotopic (exact) mass is 340 g/mol. The molecule has 1 saturated carbocycles. The smallest absolute Gasteiger partial charge is 0.317 e. The Labute approximate surface area is 140 Å². The minimum absolute atomic E-state index is 0.0638. The molecule has 0 unspecified atom stereocenters. The molecule has 0 atom stereocenters. The highest BCUT2D eigenvalue weighted by molar-refractivity contribution is 7.09. The number of nitrogens with one attached hydrogen (secondary N) is 2. The van der Waals surface area contributed by atoms with Crippen molar-refractivity contribution >= 4 is 23.3 Å². The Hall–Kier alpha value is -1.67. The molecule has 0 aromatic carbocycles. The first-order valence-electron chi connectivity index (χ1n) is 7.88. The number of aliphatic carboxylic acids is 1. The van der Waals surface area contributed by atoms with Crippen LogP contribution in [0.4, 0.5) is 4.79 Å². The number of nitrogens with zero attached hydrogens (tertiary/aromatic N) is 2. The van der Waals surface area contributed by atoms with Crippen molar-refractivity contribution in [2.75, 3.05) is 19.6 Å². The standard InChI is InChI=1S/C15H24N4O3S/c1-3-19(8-14(20)21)12-6-11(7-12)18-15(22)16-5-4-13-10(2)17-9-23-13/h9,11-12H,3-8H2,1-2H3,(H,20,21)(H2,16,18,22). The Bertz CT molecular complexity index is 543. The van der Waals surface area contributed by atoms with Crippen molar-refractivity contribution in [1.29, 1.82) is 0 Å². The Balaban J connectivity index is 1.62. The molecule has 2 amide bonds. The van der Waals surface area contributed by atoms with Gasteiger partial charge in [0.2, 0.25) is 0 Å². The summed E-state index contributed by atoms with van der Waals surface area (Å²) in [6, 6.07) is 0.228. The highest BCUT2D eigenvalue weighted by Gasteiger charge is 2.34. The second-order valence-electron chi connectivity index (χ2n) is 5.79. The fourth-order valence-corrected chi connectivity index (χ4v) is 3.55. The van der Waals surface area contributed by atoms with Crippen LogP contribution in [0.2, 0.25) is 0 Å². The number of rotatable bonds is 8. The third-order valence-electron chi connectivity index (χ3n) is 4.19. The molecular formula is C15H24N4O3S. The minimum Gasteiger partial charge on any atom is -0.480 e. The molecular weight excluding hydrogens is 316 g/mol. The number of hydrogen-bond donors (Lipinski definition) is 3. The maximum absolute atomic E-state index is 11.8. The van der Waals surface area contributed by atoms with Crippen LogP contribution in [-0.2, 0) is 11.2 Å². The number of hydrogen-bond acceptors (Lipinski definition) is 5. The van der Waals surface area contributed by atoms with Crippen LogP contribution in [0.3, 0.4) is 0 Å². The van der Waals surface area contributed by atoms with E-state index in [1.165, 1.54) is 4.88 Å². The SMILES string of the molecule is CCN(CC(=O)O)C1CC(NC(=O)NCCc2scnc2C)C1. The topological polar surface area (TPSA) is 94.6 Å². The van der Waals surface area contributed by atoms with Gasteiger partial charge in [-0.15, -0.1) is 11.3 Å². The third kappa shape index (κ3) is 5.18. The second kappa shape index (κ2) is 8.26. The van der Waals surface area contributed by atoms with E-state index in [9.17, 15) is 9.59 Å². The zero-order valence-corrected chi connectivity index (χ0v) is 14.4. The van der Waals surface area contributed by atoms with Crippen LogP contribution in [0.5, 0.6) is 0 Å². The molecule has 0 spiro atoms. The van der Waals surface area contributed by atoms with Gasteiger partial charge in [-0.25, -0.2) is 9.78 Å². The molecule has 8 heteroatoms. The van der Waals surface area contributed by atoms with Crippen LogP contribution < -0.4 is 10.6 Å². The number of amides is 2. The zero-order valence-electron chi connectivity index (χ0n) is 13.5. The molecule has 2 rings (SSSR count). The molecule has 0 saturated heterocycles. The zero-order chi connectivity index (χ0) is 16.8. The number of aryl methyl sites for hydroxylation is 1. The Kier molecular flexibility index (Phi) is 6.35. The first-order valence-corrected chi connectivity index (χ1v) is 8.76. The fourth-order valence-electron chi connectivity index (χ4n) is 2.77. The van der Waals surface area contributed by atoms with Gasteiger partial charge in [-0.2, -0.15) is 0 Å². The van der Waals surface area contributed by atoms with Crippen molar-refractivity contribution in [3.63, 3.8) is 0 Å². The lowest BCUT2D eigenvalue weighted by Crippen LogP contribution is -2.56. The molecule has 128 valence electrons. The Morgan fingerprint density at radius 2 is 2.22 bits per heavy atom. The molecule has 1 heterocycles. The van der Waals surface area contributed by atoms with Crippen molar-refractivity contribution in [1.82, 2.24) is 20.5 Å². The first-order chi connectivity index (χ1) is 11.0. The Morgan fingerprint density at radius 3 is 2.78 bits per heavy atom. The molecule has 23 heavy (non-hydrogen) atoms. The van der Waals surface area contributed by atoms with Gasteiger partial charge in [0, 0.05) is 29.9 Å². The van der Waals surface area contributed by atoms with Gasteiger partial charge < -0.3 is 15.7 Å². The first kappa shape index (κ1) is 17.7. The average Bonchev–Trinajstić information content (AvgIpc) is 2.85. The van der Waals surface area contributed by atoms with Crippen LogP contribution in [0.15, 0.2) is 5.51 Å². The van der Waals surface area contributed by atoms with Gasteiger partial charge in [-0.05, 0) is 26.3 Å². The van der Waals surface area contributed by atoms with Gasteiger partial charge in [-0.1, -0.05) is 6.92 Å². The van der Waals surface area contributed by atoms with E-state index in [0.717, 1.165) is 25.0 Å². The molecule has 1 aliphatic carbocycles. The van der Waals surface area contributed by atoms with E-state index in [0.29, 0.717) is 13.1 Å². The van der Waals surface area contributed by atoms with E-state index in [4.69, 9.17) is 5.11 Å². The van der Waals surface area contributed by atoms with Crippen molar-refractivity contribution in [2.45, 2.75) is 45.2 Å². The van der Waals surface area contributed by atoms with E-state index in [1.807, 2.05) is 24.3 Å². The summed E-state index contributed by atoms with van der Waals surface area (Å²) in [6.45, 7) is 5.29. The molecule has 3 N–H and O–H groups in total. The predicted molar refractivity (Wildman–Crippen MR) is 88.8 cm³/mol. The maximum Gasteiger partial charge on any atom is 0.317 e. The molecule has 1 aromatic heterocycles. The highest BCUT2D eigenvalue weighted by Crippen LogP contribution is 2.25. The van der Waals surface area contributed by atoms with Crippen LogP contribution in [0.1, 0.15) is 30.3 Å². The van der Waals surface area contributed by atoms with Gasteiger partial charge in [0.25, 0.3) is 0 Å². The number of carbonyl (C=O) groups excluding carboxylic acids is 1. The summed E-state index contributed by atoms with van der Waals surface area (Å²) < 4.78 is 0. The summed E-state index contributed by atoms with van der Waals surface area (Å²) in [6.07, 6.45) is 2.41. The molecule has 7 nitrogen and oxygen atoms in total. The molecule has 0 aliphatic heterocycles. The predicted octanol–water partition coefficient (Wildman–Crippen LogP) is 1.23. The van der Waals surface area contributed by atoms with Gasteiger partial charge in [0.05, 0.1) is 17.7 Å². The van der Waals surface area contributed by atoms with Crippen molar-refractivity contribution in [3.05, 3.63) is 16.1 Å². The van der Waals surface area contributed by atoms with Crippen LogP contribution in [-0.4, -0.2) is 58.7 Å². The number of likely N-dealkylation sites (N-methyl/N-ethyl adjacent to an activating group) is 1. The summed E-state index contributed by atoms with van der Waals surface area (Å²) in [4.78, 5) is 29.9. The molecule has 1 aliphatic rings. The van der Waals surface area contributed by atoms with Gasteiger partial charge in [0.15, 0.2) is 0 Å². The lowest BCUT2D eigenvalue weighted by Gasteiger charge is -2.42. The minimum atomic E-state index is -0.806. The van der Waals surface area contributed by atoms with E-state index in [2.05, 4.69) is 15.6 Å². The number of carbonyl (C=O) groups is 2. The van der Waals surface area contributed by atoms with Gasteiger partial charge in [0.1, 0.15) is 0 Å². The number of aromatic nitrogens is 1. The van der Waals surface area contributed by atoms with Crippen molar-refractivity contribution < 1.29 is 14.7 Å². The van der Waals surface area contributed by atoms with Crippen LogP contribution in [0, 0.1) is 6.92 Å². The number of carboxylic acid groups (broad SMARTS) is 1. The quantitative estimate of drug-likeness (QED) is 0.662. The maximum atomic E-state index is 11.8. The lowest BCUT2D eigenvalue weighted by molar-refractivity contribution is -0.139. The summed E-state index contributed by atoms with van der Waals surface area (Å²) in [5.41, 5.74) is 2.84. The van der Waals surface area contributed by atoms with Crippen LogP contribution >= 0.6 is 11.3 Å². The summed E-state index contributed by atoms with van der Waals surface area (Å²) in [7, 11) is 0. The molecule has 1 aromatic rings. The lowest BCUT2D eigenvalue weighted by atomic mass is 9.85. The van der Waals surface area contributed by atoms with E-state index < -0.39 is 5.97 Å². The van der Waals surface area contributed by atoms with Gasteiger partial charge in [-0.3, -0.25) is 9.69 Å². The fraction of sp³-hybridized carbons (Fsp3) is 0.667. The molecule has 1 fully saturated rings. The van der Waals surface area contributed by atoms with Crippen molar-refractivity contribution in [2.24, 2.45) is 0 Å². The summed E-state index contributed by atoms with van der Waals surface area (Å²) in [5, 5.41) is 14.7. The van der Waals surface area contributed by atoms with Gasteiger partial charge >= 0.3 is 12.0 Å². The Morgan fingerprint density at radius 1 is 1.48 bits per heavy atom. The number of thiazole rings is 1. The van der Waals surface area contributed by atoms with Crippen LogP contribution in [0.25, 0.3) is 0 Å². The normalized spacial score (nSPS) is 20.1.